The van der Waals surface area contributed by atoms with Crippen molar-refractivity contribution in [1.82, 2.24) is 4.57 Å². The van der Waals surface area contributed by atoms with Crippen molar-refractivity contribution in [3.8, 4) is 0 Å². The molecule has 1 aromatic heterocycles. The van der Waals surface area contributed by atoms with Gasteiger partial charge in [0, 0.05) is 23.6 Å². The summed E-state index contributed by atoms with van der Waals surface area (Å²) in [6.07, 6.45) is 7.53. The fourth-order valence-corrected chi connectivity index (χ4v) is 2.80. The third-order valence-corrected chi connectivity index (χ3v) is 3.66. The Morgan fingerprint density at radius 1 is 1.19 bits per heavy atom. The Labute approximate surface area is 94.9 Å². The molecule has 3 rings (SSSR count). The van der Waals surface area contributed by atoms with Gasteiger partial charge in [0.15, 0.2) is 0 Å². The molecule has 1 heterocycles. The molecule has 0 spiro atoms. The molecule has 1 fully saturated rings. The molecule has 0 atom stereocenters. The van der Waals surface area contributed by atoms with E-state index in [1.165, 1.54) is 25.7 Å². The fraction of sp³-hybridized carbons (Fsp3) is 0.429. The number of aromatic nitrogens is 1. The molecule has 1 nitrogen and oxygen atoms in total. The van der Waals surface area contributed by atoms with Gasteiger partial charge in [0.2, 0.25) is 0 Å². The van der Waals surface area contributed by atoms with Gasteiger partial charge in [0.25, 0.3) is 0 Å². The molecule has 16 heavy (non-hydrogen) atoms. The van der Waals surface area contributed by atoms with Crippen molar-refractivity contribution in [1.29, 1.82) is 0 Å². The van der Waals surface area contributed by atoms with Gasteiger partial charge in [-0.15, -0.1) is 0 Å². The fourth-order valence-electron chi connectivity index (χ4n) is 2.80. The van der Waals surface area contributed by atoms with Crippen LogP contribution in [0.5, 0.6) is 0 Å². The SMILES string of the molecule is Fc1ccc2c(ccn2CC2CCCC2)c1. The lowest BCUT2D eigenvalue weighted by atomic mass is 10.1. The second-order valence-corrected chi connectivity index (χ2v) is 4.82. The van der Waals surface area contributed by atoms with Crippen LogP contribution in [0.25, 0.3) is 10.9 Å². The van der Waals surface area contributed by atoms with Crippen molar-refractivity contribution in [3.05, 3.63) is 36.3 Å². The average Bonchev–Trinajstić information content (AvgIpc) is 2.89. The number of fused-ring (bicyclic) bond motifs is 1. The van der Waals surface area contributed by atoms with E-state index in [0.29, 0.717) is 0 Å². The lowest BCUT2D eigenvalue weighted by molar-refractivity contribution is 0.466. The van der Waals surface area contributed by atoms with Crippen molar-refractivity contribution >= 4 is 10.9 Å². The van der Waals surface area contributed by atoms with E-state index < -0.39 is 0 Å². The van der Waals surface area contributed by atoms with E-state index in [4.69, 9.17) is 0 Å². The summed E-state index contributed by atoms with van der Waals surface area (Å²) < 4.78 is 15.3. The third kappa shape index (κ3) is 1.73. The van der Waals surface area contributed by atoms with Gasteiger partial charge in [-0.2, -0.15) is 0 Å². The van der Waals surface area contributed by atoms with Crippen LogP contribution in [-0.2, 0) is 6.54 Å². The van der Waals surface area contributed by atoms with Crippen LogP contribution in [0.3, 0.4) is 0 Å². The number of halogens is 1. The normalized spacial score (nSPS) is 17.3. The van der Waals surface area contributed by atoms with Gasteiger partial charge in [-0.25, -0.2) is 4.39 Å². The van der Waals surface area contributed by atoms with Crippen LogP contribution in [0, 0.1) is 11.7 Å². The minimum absolute atomic E-state index is 0.147. The molecule has 0 saturated heterocycles. The summed E-state index contributed by atoms with van der Waals surface area (Å²) in [7, 11) is 0. The Bertz CT molecular complexity index is 494. The van der Waals surface area contributed by atoms with Crippen molar-refractivity contribution in [2.75, 3.05) is 0 Å². The largest absolute Gasteiger partial charge is 0.347 e. The molecular formula is C14H16FN. The Balaban J connectivity index is 1.91. The van der Waals surface area contributed by atoms with Crippen LogP contribution < -0.4 is 0 Å². The Morgan fingerprint density at radius 3 is 2.81 bits per heavy atom. The molecule has 0 amide bonds. The summed E-state index contributed by atoms with van der Waals surface area (Å²) in [6.45, 7) is 1.09. The van der Waals surface area contributed by atoms with Gasteiger partial charge in [-0.05, 0) is 43.0 Å². The molecule has 0 radical (unpaired) electrons. The molecule has 1 aromatic carbocycles. The molecule has 84 valence electrons. The van der Waals surface area contributed by atoms with Gasteiger partial charge in [-0.3, -0.25) is 0 Å². The van der Waals surface area contributed by atoms with Crippen molar-refractivity contribution in [2.24, 2.45) is 5.92 Å². The van der Waals surface area contributed by atoms with Gasteiger partial charge in [0.1, 0.15) is 5.82 Å². The minimum Gasteiger partial charge on any atom is -0.347 e. The predicted molar refractivity (Wildman–Crippen MR) is 63.9 cm³/mol. The minimum atomic E-state index is -0.147. The first-order chi connectivity index (χ1) is 7.83. The highest BCUT2D eigenvalue weighted by molar-refractivity contribution is 5.80. The molecule has 2 heteroatoms. The zero-order chi connectivity index (χ0) is 11.0. The van der Waals surface area contributed by atoms with E-state index in [0.717, 1.165) is 23.4 Å². The van der Waals surface area contributed by atoms with E-state index >= 15 is 0 Å². The van der Waals surface area contributed by atoms with Gasteiger partial charge >= 0.3 is 0 Å². The van der Waals surface area contributed by atoms with E-state index in [1.807, 2.05) is 12.1 Å². The molecule has 0 bridgehead atoms. The number of hydrogen-bond donors (Lipinski definition) is 0. The highest BCUT2D eigenvalue weighted by atomic mass is 19.1. The maximum Gasteiger partial charge on any atom is 0.123 e. The average molecular weight is 217 g/mol. The molecular weight excluding hydrogens is 201 g/mol. The second kappa shape index (κ2) is 3.93. The van der Waals surface area contributed by atoms with Crippen LogP contribution >= 0.6 is 0 Å². The monoisotopic (exact) mass is 217 g/mol. The Hall–Kier alpha value is -1.31. The van der Waals surface area contributed by atoms with Crippen LogP contribution in [0.2, 0.25) is 0 Å². The zero-order valence-electron chi connectivity index (χ0n) is 9.32. The molecule has 1 saturated carbocycles. The van der Waals surface area contributed by atoms with Crippen LogP contribution in [-0.4, -0.2) is 4.57 Å². The van der Waals surface area contributed by atoms with E-state index in [9.17, 15) is 4.39 Å². The first kappa shape index (κ1) is 9.88. The zero-order valence-corrected chi connectivity index (χ0v) is 9.32. The topological polar surface area (TPSA) is 4.93 Å². The summed E-state index contributed by atoms with van der Waals surface area (Å²) in [5, 5.41) is 1.01. The Kier molecular flexibility index (Phi) is 2.43. The summed E-state index contributed by atoms with van der Waals surface area (Å²) in [6, 6.07) is 7.06. The van der Waals surface area contributed by atoms with E-state index in [-0.39, 0.29) is 5.82 Å². The highest BCUT2D eigenvalue weighted by Gasteiger charge is 2.16. The van der Waals surface area contributed by atoms with E-state index in [1.54, 1.807) is 12.1 Å². The van der Waals surface area contributed by atoms with Gasteiger partial charge in [-0.1, -0.05) is 12.8 Å². The summed E-state index contributed by atoms with van der Waals surface area (Å²) in [4.78, 5) is 0. The first-order valence-corrected chi connectivity index (χ1v) is 6.07. The number of nitrogens with zero attached hydrogens (tertiary/aromatic N) is 1. The van der Waals surface area contributed by atoms with Crippen molar-refractivity contribution in [2.45, 2.75) is 32.2 Å². The van der Waals surface area contributed by atoms with Crippen LogP contribution in [0.1, 0.15) is 25.7 Å². The summed E-state index contributed by atoms with van der Waals surface area (Å²) >= 11 is 0. The molecule has 0 unspecified atom stereocenters. The molecule has 2 aromatic rings. The lowest BCUT2D eigenvalue weighted by Crippen LogP contribution is -2.05. The third-order valence-electron chi connectivity index (χ3n) is 3.66. The number of hydrogen-bond acceptors (Lipinski definition) is 0. The lowest BCUT2D eigenvalue weighted by Gasteiger charge is -2.11. The molecule has 0 aliphatic heterocycles. The highest BCUT2D eigenvalue weighted by Crippen LogP contribution is 2.28. The predicted octanol–water partition coefficient (Wildman–Crippen LogP) is 3.97. The standard InChI is InChI=1S/C14H16FN/c15-13-5-6-14-12(9-13)7-8-16(14)10-11-3-1-2-4-11/h5-9,11H,1-4,10H2. The van der Waals surface area contributed by atoms with Crippen LogP contribution in [0.4, 0.5) is 4.39 Å². The van der Waals surface area contributed by atoms with Gasteiger partial charge < -0.3 is 4.57 Å². The number of rotatable bonds is 2. The van der Waals surface area contributed by atoms with Crippen molar-refractivity contribution < 1.29 is 4.39 Å². The quantitative estimate of drug-likeness (QED) is 0.717. The number of benzene rings is 1. The second-order valence-electron chi connectivity index (χ2n) is 4.82. The molecule has 1 aliphatic rings. The van der Waals surface area contributed by atoms with Crippen molar-refractivity contribution in [3.63, 3.8) is 0 Å². The first-order valence-electron chi connectivity index (χ1n) is 6.07. The van der Waals surface area contributed by atoms with Crippen LogP contribution in [0.15, 0.2) is 30.5 Å². The molecule has 0 N–H and O–H groups in total. The maximum atomic E-state index is 13.0. The maximum absolute atomic E-state index is 13.0. The smallest absolute Gasteiger partial charge is 0.123 e. The Morgan fingerprint density at radius 2 is 2.00 bits per heavy atom. The molecule has 1 aliphatic carbocycles. The summed E-state index contributed by atoms with van der Waals surface area (Å²) in [5.74, 6) is 0.673. The van der Waals surface area contributed by atoms with E-state index in [2.05, 4.69) is 10.8 Å². The van der Waals surface area contributed by atoms with Gasteiger partial charge in [0.05, 0.1) is 0 Å². The summed E-state index contributed by atoms with van der Waals surface area (Å²) in [5.41, 5.74) is 1.16.